The van der Waals surface area contributed by atoms with Crippen molar-refractivity contribution in [2.24, 2.45) is 0 Å². The first-order valence-electron chi connectivity index (χ1n) is 5.80. The van der Waals surface area contributed by atoms with Crippen LogP contribution in [0.15, 0.2) is 36.4 Å². The Kier molecular flexibility index (Phi) is 2.30. The minimum atomic E-state index is -0.524. The van der Waals surface area contributed by atoms with Crippen LogP contribution in [0, 0.1) is 0 Å². The van der Waals surface area contributed by atoms with E-state index in [1.165, 1.54) is 0 Å². The van der Waals surface area contributed by atoms with Crippen LogP contribution < -0.4 is 10.6 Å². The van der Waals surface area contributed by atoms with Crippen LogP contribution in [-0.4, -0.2) is 17.9 Å². The highest BCUT2D eigenvalue weighted by Gasteiger charge is 2.25. The van der Waals surface area contributed by atoms with Crippen LogP contribution >= 0.6 is 0 Å². The van der Waals surface area contributed by atoms with Gasteiger partial charge in [0.2, 0.25) is 5.91 Å². The number of hydrogen-bond acceptors (Lipinski definition) is 2. The molecule has 1 unspecified atom stereocenters. The van der Waals surface area contributed by atoms with Gasteiger partial charge in [-0.25, -0.2) is 0 Å². The van der Waals surface area contributed by atoms with Crippen molar-refractivity contribution in [2.75, 3.05) is 5.32 Å². The van der Waals surface area contributed by atoms with Crippen molar-refractivity contribution in [3.8, 4) is 0 Å². The van der Waals surface area contributed by atoms with Crippen LogP contribution in [-0.2, 0) is 4.79 Å². The molecule has 0 saturated carbocycles. The summed E-state index contributed by atoms with van der Waals surface area (Å²) >= 11 is 0. The molecule has 0 aliphatic carbocycles. The molecule has 1 aliphatic heterocycles. The Hall–Kier alpha value is -2.36. The fourth-order valence-corrected chi connectivity index (χ4v) is 2.17. The third-order valence-corrected chi connectivity index (χ3v) is 3.16. The van der Waals surface area contributed by atoms with Crippen molar-refractivity contribution >= 4 is 28.3 Å². The Morgan fingerprint density at radius 1 is 1.06 bits per heavy atom. The van der Waals surface area contributed by atoms with Crippen molar-refractivity contribution < 1.29 is 9.59 Å². The van der Waals surface area contributed by atoms with Crippen molar-refractivity contribution in [3.05, 3.63) is 42.0 Å². The fourth-order valence-electron chi connectivity index (χ4n) is 2.17. The molecule has 90 valence electrons. The maximum atomic E-state index is 12.0. The summed E-state index contributed by atoms with van der Waals surface area (Å²) in [7, 11) is 0. The highest BCUT2D eigenvalue weighted by molar-refractivity contribution is 6.16. The summed E-state index contributed by atoms with van der Waals surface area (Å²) in [6.45, 7) is 1.67. The summed E-state index contributed by atoms with van der Waals surface area (Å²) in [6.07, 6.45) is 0. The highest BCUT2D eigenvalue weighted by atomic mass is 16.2. The quantitative estimate of drug-likeness (QED) is 0.739. The predicted octanol–water partition coefficient (Wildman–Crippen LogP) is 1.91. The number of amides is 2. The van der Waals surface area contributed by atoms with Crippen LogP contribution in [0.3, 0.4) is 0 Å². The number of fused-ring (bicyclic) bond motifs is 3. The second-order valence-electron chi connectivity index (χ2n) is 4.39. The molecule has 4 nitrogen and oxygen atoms in total. The summed E-state index contributed by atoms with van der Waals surface area (Å²) in [5, 5.41) is 7.37. The van der Waals surface area contributed by atoms with Gasteiger partial charge < -0.3 is 10.6 Å². The molecule has 2 amide bonds. The molecular formula is C14H12N2O2. The maximum absolute atomic E-state index is 12.0. The number of nitrogens with one attached hydrogen (secondary N) is 2. The first-order valence-corrected chi connectivity index (χ1v) is 5.80. The molecule has 2 N–H and O–H groups in total. The van der Waals surface area contributed by atoms with Crippen LogP contribution in [0.1, 0.15) is 17.3 Å². The smallest absolute Gasteiger partial charge is 0.254 e. The lowest BCUT2D eigenvalue weighted by molar-refractivity contribution is -0.117. The summed E-state index contributed by atoms with van der Waals surface area (Å²) in [5.41, 5.74) is 1.10. The van der Waals surface area contributed by atoms with Crippen molar-refractivity contribution in [1.29, 1.82) is 0 Å². The Morgan fingerprint density at radius 3 is 2.67 bits per heavy atom. The van der Waals surface area contributed by atoms with E-state index in [1.807, 2.05) is 30.3 Å². The zero-order valence-corrected chi connectivity index (χ0v) is 9.86. The third kappa shape index (κ3) is 1.54. The molecule has 0 saturated heterocycles. The number of benzene rings is 2. The van der Waals surface area contributed by atoms with Crippen LogP contribution in [0.2, 0.25) is 0 Å². The van der Waals surface area contributed by atoms with Crippen LogP contribution in [0.5, 0.6) is 0 Å². The Bertz CT molecular complexity index is 664. The number of carbonyl (C=O) groups is 2. The normalized spacial score (nSPS) is 18.8. The number of carbonyl (C=O) groups excluding carboxylic acids is 2. The maximum Gasteiger partial charge on any atom is 0.254 e. The van der Waals surface area contributed by atoms with E-state index in [2.05, 4.69) is 10.6 Å². The van der Waals surface area contributed by atoms with E-state index < -0.39 is 6.04 Å². The topological polar surface area (TPSA) is 58.2 Å². The molecule has 2 aromatic carbocycles. The third-order valence-electron chi connectivity index (χ3n) is 3.16. The van der Waals surface area contributed by atoms with Crippen molar-refractivity contribution in [2.45, 2.75) is 13.0 Å². The summed E-state index contributed by atoms with van der Waals surface area (Å²) in [4.78, 5) is 23.8. The van der Waals surface area contributed by atoms with E-state index in [9.17, 15) is 9.59 Å². The average molecular weight is 240 g/mol. The van der Waals surface area contributed by atoms with Gasteiger partial charge in [0.05, 0.1) is 11.3 Å². The van der Waals surface area contributed by atoms with Gasteiger partial charge >= 0.3 is 0 Å². The summed E-state index contributed by atoms with van der Waals surface area (Å²) in [5.74, 6) is -0.417. The molecule has 3 rings (SSSR count). The standard InChI is InChI=1S/C14H12N2O2/c1-8-13(17)16-12-10-5-3-2-4-9(10)6-7-11(12)14(18)15-8/h2-8H,1H3,(H,15,18)(H,16,17). The zero-order valence-electron chi connectivity index (χ0n) is 9.86. The Labute approximate surface area is 104 Å². The van der Waals surface area contributed by atoms with Gasteiger partial charge in [0, 0.05) is 5.39 Å². The molecule has 2 aromatic rings. The van der Waals surface area contributed by atoms with Gasteiger partial charge in [-0.05, 0) is 18.4 Å². The molecular weight excluding hydrogens is 228 g/mol. The fraction of sp³-hybridized carbons (Fsp3) is 0.143. The molecule has 1 heterocycles. The minimum absolute atomic E-state index is 0.196. The molecule has 0 bridgehead atoms. The zero-order chi connectivity index (χ0) is 12.7. The van der Waals surface area contributed by atoms with Crippen molar-refractivity contribution in [1.82, 2.24) is 5.32 Å². The molecule has 1 aliphatic rings. The summed E-state index contributed by atoms with van der Waals surface area (Å²) in [6, 6.07) is 10.8. The Balaban J connectivity index is 2.30. The highest BCUT2D eigenvalue weighted by Crippen LogP contribution is 2.29. The SMILES string of the molecule is CC1NC(=O)c2ccc3ccccc3c2NC1=O. The van der Waals surface area contributed by atoms with Gasteiger partial charge in [0.1, 0.15) is 6.04 Å². The van der Waals surface area contributed by atoms with E-state index in [0.29, 0.717) is 11.3 Å². The van der Waals surface area contributed by atoms with E-state index in [4.69, 9.17) is 0 Å². The molecule has 18 heavy (non-hydrogen) atoms. The molecule has 1 atom stereocenters. The largest absolute Gasteiger partial charge is 0.340 e. The lowest BCUT2D eigenvalue weighted by Gasteiger charge is -2.09. The van der Waals surface area contributed by atoms with E-state index >= 15 is 0 Å². The lowest BCUT2D eigenvalue weighted by Crippen LogP contribution is -2.38. The van der Waals surface area contributed by atoms with E-state index in [1.54, 1.807) is 13.0 Å². The Morgan fingerprint density at radius 2 is 1.83 bits per heavy atom. The first kappa shape index (κ1) is 10.8. The van der Waals surface area contributed by atoms with E-state index in [0.717, 1.165) is 10.8 Å². The first-order chi connectivity index (χ1) is 8.66. The van der Waals surface area contributed by atoms with Crippen LogP contribution in [0.4, 0.5) is 5.69 Å². The van der Waals surface area contributed by atoms with Gasteiger partial charge in [0.15, 0.2) is 0 Å². The average Bonchev–Trinajstić information content (AvgIpc) is 2.48. The number of anilines is 1. The van der Waals surface area contributed by atoms with Gasteiger partial charge in [-0.3, -0.25) is 9.59 Å². The molecule has 0 radical (unpaired) electrons. The molecule has 0 fully saturated rings. The second kappa shape index (κ2) is 3.84. The van der Waals surface area contributed by atoms with E-state index in [-0.39, 0.29) is 11.8 Å². The van der Waals surface area contributed by atoms with Gasteiger partial charge in [0.25, 0.3) is 5.91 Å². The lowest BCUT2D eigenvalue weighted by atomic mass is 10.0. The van der Waals surface area contributed by atoms with Crippen molar-refractivity contribution in [3.63, 3.8) is 0 Å². The van der Waals surface area contributed by atoms with Gasteiger partial charge in [-0.15, -0.1) is 0 Å². The number of hydrogen-bond donors (Lipinski definition) is 2. The molecule has 0 spiro atoms. The molecule has 0 aromatic heterocycles. The predicted molar refractivity (Wildman–Crippen MR) is 69.5 cm³/mol. The summed E-state index contributed by atoms with van der Waals surface area (Å²) < 4.78 is 0. The van der Waals surface area contributed by atoms with Gasteiger partial charge in [-0.2, -0.15) is 0 Å². The van der Waals surface area contributed by atoms with Gasteiger partial charge in [-0.1, -0.05) is 30.3 Å². The number of rotatable bonds is 0. The van der Waals surface area contributed by atoms with Crippen LogP contribution in [0.25, 0.3) is 10.8 Å². The monoisotopic (exact) mass is 240 g/mol. The molecule has 4 heteroatoms. The second-order valence-corrected chi connectivity index (χ2v) is 4.39. The minimum Gasteiger partial charge on any atom is -0.340 e.